The van der Waals surface area contributed by atoms with Crippen LogP contribution in [0.3, 0.4) is 0 Å². The first-order valence-corrected chi connectivity index (χ1v) is 6.65. The third-order valence-corrected chi connectivity index (χ3v) is 3.36. The lowest BCUT2D eigenvalue weighted by atomic mass is 10.1. The van der Waals surface area contributed by atoms with Gasteiger partial charge >= 0.3 is 0 Å². The third kappa shape index (κ3) is 3.64. The first kappa shape index (κ1) is 15.1. The number of rotatable bonds is 4. The molecule has 0 saturated carbocycles. The van der Waals surface area contributed by atoms with Gasteiger partial charge in [0.25, 0.3) is 0 Å². The molecule has 2 aromatic carbocycles. The second kappa shape index (κ2) is 6.45. The second-order valence-corrected chi connectivity index (χ2v) is 5.04. The second-order valence-electron chi connectivity index (χ2n) is 4.60. The smallest absolute Gasteiger partial charge is 0.170 e. The van der Waals surface area contributed by atoms with E-state index in [0.717, 1.165) is 11.3 Å². The van der Waals surface area contributed by atoms with E-state index in [9.17, 15) is 4.39 Å². The number of benzene rings is 2. The molecule has 0 spiro atoms. The maximum Gasteiger partial charge on any atom is 0.170 e. The minimum absolute atomic E-state index is 0.130. The van der Waals surface area contributed by atoms with E-state index in [1.807, 2.05) is 25.1 Å². The minimum atomic E-state index is -0.445. The lowest BCUT2D eigenvalue weighted by molar-refractivity contribution is 0.318. The zero-order valence-electron chi connectivity index (χ0n) is 11.4. The first-order valence-electron chi connectivity index (χ1n) is 6.27. The van der Waals surface area contributed by atoms with E-state index in [1.54, 1.807) is 6.07 Å². The van der Waals surface area contributed by atoms with Crippen LogP contribution in [0.15, 0.2) is 41.6 Å². The Labute approximate surface area is 127 Å². The standard InChI is InChI=1S/C15H15ClFN3O/c1-9-2-4-11(16)6-14(9)19-8-10-3-5-12(17)7-13(10)15(18)20-21/h2-7,19,21H,8H2,1H3,(H2,18,20). The molecular weight excluding hydrogens is 293 g/mol. The van der Waals surface area contributed by atoms with Gasteiger partial charge in [0.2, 0.25) is 0 Å². The van der Waals surface area contributed by atoms with Crippen molar-refractivity contribution in [2.24, 2.45) is 10.9 Å². The molecule has 0 unspecified atom stereocenters. The highest BCUT2D eigenvalue weighted by Crippen LogP contribution is 2.21. The fourth-order valence-corrected chi connectivity index (χ4v) is 2.14. The Morgan fingerprint density at radius 2 is 2.10 bits per heavy atom. The molecule has 0 fully saturated rings. The average Bonchev–Trinajstić information content (AvgIpc) is 2.48. The number of halogens is 2. The van der Waals surface area contributed by atoms with E-state index in [4.69, 9.17) is 22.5 Å². The number of hydrogen-bond donors (Lipinski definition) is 3. The van der Waals surface area contributed by atoms with E-state index in [2.05, 4.69) is 10.5 Å². The van der Waals surface area contributed by atoms with E-state index in [1.165, 1.54) is 12.1 Å². The fraction of sp³-hybridized carbons (Fsp3) is 0.133. The summed E-state index contributed by atoms with van der Waals surface area (Å²) in [5.41, 5.74) is 8.54. The van der Waals surface area contributed by atoms with Crippen molar-refractivity contribution in [1.82, 2.24) is 0 Å². The van der Waals surface area contributed by atoms with Gasteiger partial charge in [0.15, 0.2) is 5.84 Å². The van der Waals surface area contributed by atoms with E-state index in [-0.39, 0.29) is 5.84 Å². The highest BCUT2D eigenvalue weighted by Gasteiger charge is 2.09. The molecule has 110 valence electrons. The SMILES string of the molecule is Cc1ccc(Cl)cc1NCc1ccc(F)cc1C(N)=NO. The topological polar surface area (TPSA) is 70.6 Å². The molecule has 6 heteroatoms. The summed E-state index contributed by atoms with van der Waals surface area (Å²) in [5, 5.41) is 15.5. The summed E-state index contributed by atoms with van der Waals surface area (Å²) in [6.07, 6.45) is 0. The monoisotopic (exact) mass is 307 g/mol. The summed E-state index contributed by atoms with van der Waals surface area (Å²) in [6.45, 7) is 2.35. The molecule has 0 aliphatic carbocycles. The first-order chi connectivity index (χ1) is 10.0. The van der Waals surface area contributed by atoms with Crippen LogP contribution in [0.2, 0.25) is 5.02 Å². The number of amidine groups is 1. The molecule has 0 bridgehead atoms. The maximum atomic E-state index is 13.3. The van der Waals surface area contributed by atoms with Crippen LogP contribution in [-0.4, -0.2) is 11.0 Å². The van der Waals surface area contributed by atoms with Crippen molar-refractivity contribution in [3.63, 3.8) is 0 Å². The predicted octanol–water partition coefficient (Wildman–Crippen LogP) is 3.49. The summed E-state index contributed by atoms with van der Waals surface area (Å²) >= 11 is 5.96. The highest BCUT2D eigenvalue weighted by molar-refractivity contribution is 6.30. The van der Waals surface area contributed by atoms with Crippen LogP contribution in [0.5, 0.6) is 0 Å². The van der Waals surface area contributed by atoms with Crippen LogP contribution in [0.4, 0.5) is 10.1 Å². The Balaban J connectivity index is 2.26. The van der Waals surface area contributed by atoms with Crippen molar-refractivity contribution >= 4 is 23.1 Å². The van der Waals surface area contributed by atoms with Gasteiger partial charge in [-0.3, -0.25) is 0 Å². The number of anilines is 1. The van der Waals surface area contributed by atoms with Crippen LogP contribution in [0.25, 0.3) is 0 Å². The highest BCUT2D eigenvalue weighted by atomic mass is 35.5. The van der Waals surface area contributed by atoms with Crippen molar-refractivity contribution < 1.29 is 9.60 Å². The Kier molecular flexibility index (Phi) is 4.65. The number of oxime groups is 1. The molecule has 0 aliphatic heterocycles. The molecule has 0 aromatic heterocycles. The van der Waals surface area contributed by atoms with Gasteiger partial charge in [0, 0.05) is 22.8 Å². The van der Waals surface area contributed by atoms with Crippen LogP contribution in [0, 0.1) is 12.7 Å². The molecule has 0 saturated heterocycles. The number of nitrogens with two attached hydrogens (primary N) is 1. The van der Waals surface area contributed by atoms with Crippen LogP contribution in [-0.2, 0) is 6.54 Å². The molecule has 0 aliphatic rings. The molecule has 0 amide bonds. The molecule has 0 atom stereocenters. The van der Waals surface area contributed by atoms with Crippen molar-refractivity contribution in [3.05, 3.63) is 63.9 Å². The predicted molar refractivity (Wildman–Crippen MR) is 82.4 cm³/mol. The Morgan fingerprint density at radius 1 is 1.33 bits per heavy atom. The summed E-state index contributed by atoms with van der Waals surface area (Å²) < 4.78 is 13.3. The lowest BCUT2D eigenvalue weighted by Crippen LogP contribution is -2.17. The number of hydrogen-bond acceptors (Lipinski definition) is 3. The Bertz CT molecular complexity index is 689. The molecular formula is C15H15ClFN3O. The maximum absolute atomic E-state index is 13.3. The molecule has 21 heavy (non-hydrogen) atoms. The van der Waals surface area contributed by atoms with E-state index < -0.39 is 5.82 Å². The summed E-state index contributed by atoms with van der Waals surface area (Å²) in [5.74, 6) is -0.576. The third-order valence-electron chi connectivity index (χ3n) is 3.12. The number of nitrogens with one attached hydrogen (secondary N) is 1. The van der Waals surface area contributed by atoms with Crippen LogP contribution >= 0.6 is 11.6 Å². The molecule has 4 nitrogen and oxygen atoms in total. The summed E-state index contributed by atoms with van der Waals surface area (Å²) in [4.78, 5) is 0. The van der Waals surface area contributed by atoms with E-state index in [0.29, 0.717) is 22.7 Å². The van der Waals surface area contributed by atoms with Crippen molar-refractivity contribution in [1.29, 1.82) is 0 Å². The lowest BCUT2D eigenvalue weighted by Gasteiger charge is -2.13. The van der Waals surface area contributed by atoms with Crippen LogP contribution < -0.4 is 11.1 Å². The van der Waals surface area contributed by atoms with Gasteiger partial charge in [-0.05, 0) is 42.3 Å². The largest absolute Gasteiger partial charge is 0.409 e. The normalized spacial score (nSPS) is 11.5. The average molecular weight is 308 g/mol. The van der Waals surface area contributed by atoms with Crippen molar-refractivity contribution in [2.75, 3.05) is 5.32 Å². The fourth-order valence-electron chi connectivity index (χ4n) is 1.97. The molecule has 2 aromatic rings. The molecule has 0 radical (unpaired) electrons. The van der Waals surface area contributed by atoms with Crippen molar-refractivity contribution in [3.8, 4) is 0 Å². The van der Waals surface area contributed by atoms with Gasteiger partial charge in [-0.25, -0.2) is 4.39 Å². The number of aryl methyl sites for hydroxylation is 1. The van der Waals surface area contributed by atoms with Gasteiger partial charge in [-0.15, -0.1) is 0 Å². The molecule has 0 heterocycles. The summed E-state index contributed by atoms with van der Waals surface area (Å²) in [6, 6.07) is 9.67. The van der Waals surface area contributed by atoms with Gasteiger partial charge in [-0.1, -0.05) is 28.9 Å². The van der Waals surface area contributed by atoms with Crippen molar-refractivity contribution in [2.45, 2.75) is 13.5 Å². The quantitative estimate of drug-likeness (QED) is 0.350. The minimum Gasteiger partial charge on any atom is -0.409 e. The van der Waals surface area contributed by atoms with Gasteiger partial charge < -0.3 is 16.3 Å². The summed E-state index contributed by atoms with van der Waals surface area (Å²) in [7, 11) is 0. The van der Waals surface area contributed by atoms with E-state index >= 15 is 0 Å². The zero-order valence-corrected chi connectivity index (χ0v) is 12.2. The molecule has 2 rings (SSSR count). The van der Waals surface area contributed by atoms with Crippen LogP contribution in [0.1, 0.15) is 16.7 Å². The number of nitrogens with zero attached hydrogens (tertiary/aromatic N) is 1. The van der Waals surface area contributed by atoms with Gasteiger partial charge in [0.05, 0.1) is 0 Å². The molecule has 4 N–H and O–H groups in total. The van der Waals surface area contributed by atoms with Gasteiger partial charge in [-0.2, -0.15) is 0 Å². The van der Waals surface area contributed by atoms with Gasteiger partial charge in [0.1, 0.15) is 5.82 Å². The Hall–Kier alpha value is -2.27. The Morgan fingerprint density at radius 3 is 2.81 bits per heavy atom. The zero-order chi connectivity index (χ0) is 15.4.